The lowest BCUT2D eigenvalue weighted by atomic mass is 9.76. The molecule has 2 nitrogen and oxygen atoms in total. The maximum Gasteiger partial charge on any atom is 0.172 e. The monoisotopic (exact) mass is 358 g/mol. The van der Waals surface area contributed by atoms with Crippen LogP contribution in [0.4, 0.5) is 0 Å². The van der Waals surface area contributed by atoms with E-state index in [0.29, 0.717) is 5.75 Å². The van der Waals surface area contributed by atoms with Gasteiger partial charge in [-0.25, -0.2) is 0 Å². The van der Waals surface area contributed by atoms with Crippen molar-refractivity contribution >= 4 is 28.4 Å². The van der Waals surface area contributed by atoms with Gasteiger partial charge in [0.25, 0.3) is 0 Å². The molecule has 0 N–H and O–H groups in total. The molecule has 1 aliphatic carbocycles. The van der Waals surface area contributed by atoms with Crippen LogP contribution in [-0.2, 0) is 0 Å². The summed E-state index contributed by atoms with van der Waals surface area (Å²) in [6.07, 6.45) is 5.33. The van der Waals surface area contributed by atoms with Crippen molar-refractivity contribution < 1.29 is 9.53 Å². The third-order valence-corrected chi connectivity index (χ3v) is 4.80. The van der Waals surface area contributed by atoms with Crippen molar-refractivity contribution in [2.24, 2.45) is 5.41 Å². The first-order valence-corrected chi connectivity index (χ1v) is 7.59. The van der Waals surface area contributed by atoms with Crippen LogP contribution in [0.2, 0.25) is 0 Å². The van der Waals surface area contributed by atoms with E-state index in [1.807, 2.05) is 18.2 Å². The fourth-order valence-corrected chi connectivity index (χ4v) is 3.43. The van der Waals surface area contributed by atoms with Crippen LogP contribution in [0.3, 0.4) is 0 Å². The number of carbonyl (C=O) groups is 1. The lowest BCUT2D eigenvalue weighted by Gasteiger charge is -2.26. The van der Waals surface area contributed by atoms with Crippen molar-refractivity contribution in [3.05, 3.63) is 27.3 Å². The number of rotatable bonds is 4. The zero-order valence-corrected chi connectivity index (χ0v) is 13.1. The molecule has 1 fully saturated rings. The van der Waals surface area contributed by atoms with Crippen molar-refractivity contribution in [3.63, 3.8) is 0 Å². The van der Waals surface area contributed by atoms with Gasteiger partial charge < -0.3 is 4.74 Å². The molecular formula is C15H19IO2. The van der Waals surface area contributed by atoms with Crippen molar-refractivity contribution in [3.8, 4) is 5.75 Å². The van der Waals surface area contributed by atoms with Crippen LogP contribution in [0.15, 0.2) is 18.2 Å². The molecule has 0 radical (unpaired) electrons. The Kier molecular flexibility index (Phi) is 4.30. The summed E-state index contributed by atoms with van der Waals surface area (Å²) in [5.74, 6) is 0.984. The zero-order chi connectivity index (χ0) is 13.2. The Morgan fingerprint density at radius 1 is 1.39 bits per heavy atom. The van der Waals surface area contributed by atoms with Crippen molar-refractivity contribution in [1.82, 2.24) is 0 Å². The topological polar surface area (TPSA) is 26.3 Å². The van der Waals surface area contributed by atoms with Crippen LogP contribution in [0.1, 0.15) is 49.4 Å². The summed E-state index contributed by atoms with van der Waals surface area (Å²) in [7, 11) is 1.63. The smallest absolute Gasteiger partial charge is 0.172 e. The first-order chi connectivity index (χ1) is 8.63. The molecule has 0 amide bonds. The van der Waals surface area contributed by atoms with Crippen LogP contribution in [0.25, 0.3) is 0 Å². The van der Waals surface area contributed by atoms with Gasteiger partial charge in [-0.2, -0.15) is 0 Å². The van der Waals surface area contributed by atoms with Gasteiger partial charge in [-0.15, -0.1) is 0 Å². The molecule has 2 rings (SSSR count). The molecule has 0 unspecified atom stereocenters. The number of halogens is 1. The Morgan fingerprint density at radius 3 is 2.61 bits per heavy atom. The normalized spacial score (nSPS) is 17.7. The number of methoxy groups -OCH3 is 1. The second-order valence-electron chi connectivity index (χ2n) is 5.01. The molecule has 0 saturated heterocycles. The predicted octanol–water partition coefficient (Wildman–Crippen LogP) is 4.45. The molecule has 1 aromatic carbocycles. The molecule has 18 heavy (non-hydrogen) atoms. The van der Waals surface area contributed by atoms with Crippen LogP contribution in [0.5, 0.6) is 5.75 Å². The fraction of sp³-hybridized carbons (Fsp3) is 0.533. The molecule has 0 bridgehead atoms. The standard InChI is InChI=1S/C15H19IO2/c1-3-15(8-4-5-9-15)14(17)12-10-11(16)6-7-13(12)18-2/h6-7,10H,3-5,8-9H2,1-2H3. The lowest BCUT2D eigenvalue weighted by molar-refractivity contribution is 0.0788. The molecule has 1 aromatic rings. The Labute approximate surface area is 122 Å². The minimum Gasteiger partial charge on any atom is -0.496 e. The summed E-state index contributed by atoms with van der Waals surface area (Å²) in [5, 5.41) is 0. The molecule has 98 valence electrons. The molecule has 0 spiro atoms. The van der Waals surface area contributed by atoms with Gasteiger partial charge in [-0.1, -0.05) is 19.8 Å². The number of carbonyl (C=O) groups excluding carboxylic acids is 1. The first-order valence-electron chi connectivity index (χ1n) is 6.51. The minimum atomic E-state index is -0.141. The van der Waals surface area contributed by atoms with Crippen molar-refractivity contribution in [2.75, 3.05) is 7.11 Å². The van der Waals surface area contributed by atoms with Gasteiger partial charge in [0.05, 0.1) is 12.7 Å². The Bertz CT molecular complexity index is 448. The highest BCUT2D eigenvalue weighted by molar-refractivity contribution is 14.1. The first kappa shape index (κ1) is 13.8. The molecule has 3 heteroatoms. The van der Waals surface area contributed by atoms with Gasteiger partial charge in [0.2, 0.25) is 0 Å². The minimum absolute atomic E-state index is 0.141. The quantitative estimate of drug-likeness (QED) is 0.587. The van der Waals surface area contributed by atoms with Gasteiger partial charge in [-0.3, -0.25) is 4.79 Å². The van der Waals surface area contributed by atoms with E-state index in [9.17, 15) is 4.79 Å². The van der Waals surface area contributed by atoms with E-state index in [1.165, 1.54) is 12.8 Å². The van der Waals surface area contributed by atoms with Gasteiger partial charge in [0.1, 0.15) is 5.75 Å². The summed E-state index contributed by atoms with van der Waals surface area (Å²) < 4.78 is 6.43. The molecule has 1 saturated carbocycles. The van der Waals surface area contributed by atoms with Gasteiger partial charge in [0, 0.05) is 8.99 Å². The van der Waals surface area contributed by atoms with Crippen LogP contribution >= 0.6 is 22.6 Å². The van der Waals surface area contributed by atoms with Crippen molar-refractivity contribution in [1.29, 1.82) is 0 Å². The number of ether oxygens (including phenoxy) is 1. The molecule has 0 heterocycles. The largest absolute Gasteiger partial charge is 0.496 e. The lowest BCUT2D eigenvalue weighted by Crippen LogP contribution is -2.27. The predicted molar refractivity (Wildman–Crippen MR) is 81.2 cm³/mol. The number of ketones is 1. The number of benzene rings is 1. The van der Waals surface area contributed by atoms with E-state index in [4.69, 9.17) is 4.74 Å². The average molecular weight is 358 g/mol. The van der Waals surface area contributed by atoms with Crippen molar-refractivity contribution in [2.45, 2.75) is 39.0 Å². The highest BCUT2D eigenvalue weighted by Gasteiger charge is 2.40. The third-order valence-electron chi connectivity index (χ3n) is 4.13. The number of hydrogen-bond donors (Lipinski definition) is 0. The summed E-state index contributed by atoms with van der Waals surface area (Å²) in [4.78, 5) is 12.8. The van der Waals surface area contributed by atoms with E-state index in [2.05, 4.69) is 29.5 Å². The zero-order valence-electron chi connectivity index (χ0n) is 11.0. The molecule has 0 aliphatic heterocycles. The summed E-state index contributed by atoms with van der Waals surface area (Å²) in [6, 6.07) is 5.83. The van der Waals surface area contributed by atoms with E-state index in [-0.39, 0.29) is 11.2 Å². The Hall–Kier alpha value is -0.580. The van der Waals surface area contributed by atoms with Gasteiger partial charge in [0.15, 0.2) is 5.78 Å². The summed E-state index contributed by atoms with van der Waals surface area (Å²) >= 11 is 2.24. The van der Waals surface area contributed by atoms with Crippen LogP contribution in [0, 0.1) is 8.99 Å². The maximum atomic E-state index is 12.8. The van der Waals surface area contributed by atoms with E-state index in [1.54, 1.807) is 7.11 Å². The molecular weight excluding hydrogens is 339 g/mol. The second kappa shape index (κ2) is 5.59. The van der Waals surface area contributed by atoms with E-state index >= 15 is 0 Å². The SMILES string of the molecule is CCC1(C(=O)c2cc(I)ccc2OC)CCCC1. The van der Waals surface area contributed by atoms with E-state index in [0.717, 1.165) is 28.4 Å². The molecule has 0 atom stereocenters. The number of Topliss-reactive ketones (excluding diaryl/α,β-unsaturated/α-hetero) is 1. The Morgan fingerprint density at radius 2 is 2.06 bits per heavy atom. The highest BCUT2D eigenvalue weighted by atomic mass is 127. The summed E-state index contributed by atoms with van der Waals surface area (Å²) in [6.45, 7) is 2.13. The highest BCUT2D eigenvalue weighted by Crippen LogP contribution is 2.44. The van der Waals surface area contributed by atoms with Gasteiger partial charge in [-0.05, 0) is 60.1 Å². The van der Waals surface area contributed by atoms with Crippen LogP contribution < -0.4 is 4.74 Å². The fourth-order valence-electron chi connectivity index (χ4n) is 2.94. The van der Waals surface area contributed by atoms with Crippen LogP contribution in [-0.4, -0.2) is 12.9 Å². The summed E-state index contributed by atoms with van der Waals surface area (Å²) in [5.41, 5.74) is 0.616. The number of hydrogen-bond acceptors (Lipinski definition) is 2. The van der Waals surface area contributed by atoms with E-state index < -0.39 is 0 Å². The third kappa shape index (κ3) is 2.42. The maximum absolute atomic E-state index is 12.8. The molecule has 0 aromatic heterocycles. The average Bonchev–Trinajstić information content (AvgIpc) is 2.87. The Balaban J connectivity index is 2.41. The molecule has 1 aliphatic rings. The second-order valence-corrected chi connectivity index (χ2v) is 6.26. The van der Waals surface area contributed by atoms with Gasteiger partial charge >= 0.3 is 0 Å².